The van der Waals surface area contributed by atoms with Crippen molar-refractivity contribution in [3.8, 4) is 17.2 Å². The second kappa shape index (κ2) is 17.1. The maximum Gasteiger partial charge on any atom is 0.301 e. The molecule has 1 saturated heterocycles. The molecule has 52 heavy (non-hydrogen) atoms. The number of rotatable bonds is 15. The van der Waals surface area contributed by atoms with Gasteiger partial charge in [-0.05, 0) is 78.1 Å². The van der Waals surface area contributed by atoms with Gasteiger partial charge in [0.15, 0.2) is 15.8 Å². The number of Topliss-reactive ketones (excluding diaryl/α,β-unsaturated/α-hetero) is 1. The van der Waals surface area contributed by atoms with Crippen molar-refractivity contribution in [3.05, 3.63) is 129 Å². The fourth-order valence-corrected chi connectivity index (χ4v) is 7.92. The number of amides is 1. The summed E-state index contributed by atoms with van der Waals surface area (Å²) in [5.41, 5.74) is 3.90. The first-order valence-corrected chi connectivity index (χ1v) is 19.1. The van der Waals surface area contributed by atoms with E-state index in [0.29, 0.717) is 56.7 Å². The minimum Gasteiger partial charge on any atom is -0.507 e. The number of nitrogens with zero attached hydrogens (tertiary/aromatic N) is 3. The number of aliphatic hydroxyl groups is 1. The van der Waals surface area contributed by atoms with E-state index in [4.69, 9.17) is 25.8 Å². The molecule has 2 heterocycles. The van der Waals surface area contributed by atoms with Crippen molar-refractivity contribution in [3.63, 3.8) is 0 Å². The van der Waals surface area contributed by atoms with Gasteiger partial charge in [0, 0.05) is 16.3 Å². The number of aryl methyl sites for hydroxylation is 1. The average Bonchev–Trinajstić information content (AvgIpc) is 3.74. The monoisotopic (exact) mass is 755 g/mol. The number of carbonyl (C=O) groups excluding carboxylic acids is 2. The number of thioether (sulfide) groups is 1. The number of aromatic nitrogens is 2. The Morgan fingerprint density at radius 3 is 2.40 bits per heavy atom. The van der Waals surface area contributed by atoms with E-state index in [1.807, 2.05) is 55.5 Å². The van der Waals surface area contributed by atoms with Crippen LogP contribution in [-0.2, 0) is 21.9 Å². The Kier molecular flexibility index (Phi) is 12.2. The Labute approximate surface area is 316 Å². The van der Waals surface area contributed by atoms with Crippen LogP contribution in [0.15, 0.2) is 101 Å². The molecule has 1 unspecified atom stereocenters. The van der Waals surface area contributed by atoms with Crippen LogP contribution < -0.4 is 19.1 Å². The quantitative estimate of drug-likeness (QED) is 0.0279. The van der Waals surface area contributed by atoms with Crippen molar-refractivity contribution in [1.82, 2.24) is 10.2 Å². The van der Waals surface area contributed by atoms with Crippen LogP contribution in [0.25, 0.3) is 5.76 Å². The lowest BCUT2D eigenvalue weighted by Crippen LogP contribution is -2.29. The van der Waals surface area contributed by atoms with Crippen molar-refractivity contribution in [2.75, 3.05) is 18.6 Å². The van der Waals surface area contributed by atoms with Gasteiger partial charge in [-0.25, -0.2) is 0 Å². The highest BCUT2D eigenvalue weighted by Gasteiger charge is 2.48. The highest BCUT2D eigenvalue weighted by molar-refractivity contribution is 8.00. The molecule has 0 spiro atoms. The summed E-state index contributed by atoms with van der Waals surface area (Å²) in [7, 11) is 1.53. The number of benzene rings is 4. The summed E-state index contributed by atoms with van der Waals surface area (Å²) in [6.07, 6.45) is 2.99. The lowest BCUT2D eigenvalue weighted by atomic mass is 9.95. The normalized spacial score (nSPS) is 15.2. The average molecular weight is 756 g/mol. The lowest BCUT2D eigenvalue weighted by molar-refractivity contribution is -0.132. The summed E-state index contributed by atoms with van der Waals surface area (Å²) >= 11 is 8.96. The van der Waals surface area contributed by atoms with Crippen molar-refractivity contribution in [2.45, 2.75) is 55.9 Å². The second-order valence-electron chi connectivity index (χ2n) is 12.1. The van der Waals surface area contributed by atoms with Crippen LogP contribution >= 0.6 is 34.7 Å². The molecule has 0 bridgehead atoms. The third-order valence-corrected chi connectivity index (χ3v) is 11.1. The molecule has 6 rings (SSSR count). The van der Waals surface area contributed by atoms with E-state index in [1.165, 1.54) is 35.1 Å². The van der Waals surface area contributed by atoms with Crippen molar-refractivity contribution >= 4 is 57.3 Å². The highest BCUT2D eigenvalue weighted by atomic mass is 35.5. The van der Waals surface area contributed by atoms with Crippen molar-refractivity contribution in [1.29, 1.82) is 0 Å². The number of anilines is 1. The number of hydrogen-bond donors (Lipinski definition) is 1. The predicted molar refractivity (Wildman–Crippen MR) is 206 cm³/mol. The maximum atomic E-state index is 13.9. The zero-order chi connectivity index (χ0) is 36.6. The number of ketones is 1. The first-order valence-electron chi connectivity index (χ1n) is 16.9. The van der Waals surface area contributed by atoms with E-state index >= 15 is 0 Å². The molecule has 9 nitrogen and oxygen atoms in total. The first-order chi connectivity index (χ1) is 25.3. The summed E-state index contributed by atoms with van der Waals surface area (Å²) in [4.78, 5) is 29.0. The number of unbranched alkanes of at least 4 members (excludes halogenated alkanes) is 2. The molecule has 1 aromatic heterocycles. The standard InChI is InChI=1S/C40H38ClN3O6S2/c1-4-5-10-21-49-32-20-17-27(22-33(32)48-3)35-34(36(45)26-15-18-30(19-16-26)50-23-28-12-7-6-11-25(28)2)37(46)38(47)44(35)39-42-43-40(52-39)51-24-29-13-8-9-14-31(29)41/h6-9,11-20,22,35,45H,4-5,10,21,23-24H2,1-3H3/b36-34+. The molecule has 1 atom stereocenters. The summed E-state index contributed by atoms with van der Waals surface area (Å²) < 4.78 is 18.3. The van der Waals surface area contributed by atoms with Crippen LogP contribution in [-0.4, -0.2) is 40.7 Å². The topological polar surface area (TPSA) is 111 Å². The molecular weight excluding hydrogens is 718 g/mol. The van der Waals surface area contributed by atoms with Gasteiger partial charge in [0.1, 0.15) is 18.1 Å². The Hall–Kier alpha value is -4.84. The Bertz CT molecular complexity index is 2080. The summed E-state index contributed by atoms with van der Waals surface area (Å²) in [5.74, 6) is 0.0969. The maximum absolute atomic E-state index is 13.9. The Morgan fingerprint density at radius 1 is 0.923 bits per heavy atom. The van der Waals surface area contributed by atoms with Crippen LogP contribution in [0.3, 0.4) is 0 Å². The molecule has 1 aliphatic rings. The number of hydrogen-bond acceptors (Lipinski definition) is 10. The molecule has 1 amide bonds. The van der Waals surface area contributed by atoms with Crippen LogP contribution in [0.5, 0.6) is 17.2 Å². The molecule has 1 N–H and O–H groups in total. The Morgan fingerprint density at radius 2 is 1.67 bits per heavy atom. The predicted octanol–water partition coefficient (Wildman–Crippen LogP) is 9.58. The summed E-state index contributed by atoms with van der Waals surface area (Å²) in [6.45, 7) is 5.05. The summed E-state index contributed by atoms with van der Waals surface area (Å²) in [5, 5.41) is 21.3. The minimum absolute atomic E-state index is 0.0854. The molecule has 268 valence electrons. The van der Waals surface area contributed by atoms with Gasteiger partial charge in [-0.1, -0.05) is 103 Å². The molecule has 1 fully saturated rings. The van der Waals surface area contributed by atoms with Crippen molar-refractivity contribution < 1.29 is 28.9 Å². The molecule has 1 aliphatic heterocycles. The molecule has 0 radical (unpaired) electrons. The zero-order valence-corrected chi connectivity index (χ0v) is 31.4. The molecule has 0 aliphatic carbocycles. The largest absolute Gasteiger partial charge is 0.507 e. The van der Waals surface area contributed by atoms with Crippen LogP contribution in [0.2, 0.25) is 5.02 Å². The van der Waals surface area contributed by atoms with Gasteiger partial charge in [-0.3, -0.25) is 14.5 Å². The van der Waals surface area contributed by atoms with Gasteiger partial charge in [0.05, 0.1) is 25.3 Å². The first kappa shape index (κ1) is 36.9. The van der Waals surface area contributed by atoms with Gasteiger partial charge in [-0.15, -0.1) is 10.2 Å². The highest BCUT2D eigenvalue weighted by Crippen LogP contribution is 2.46. The number of aliphatic hydroxyl groups excluding tert-OH is 1. The number of halogens is 1. The molecular formula is C40H38ClN3O6S2. The van der Waals surface area contributed by atoms with E-state index in [1.54, 1.807) is 42.5 Å². The van der Waals surface area contributed by atoms with Gasteiger partial charge in [0.25, 0.3) is 5.78 Å². The van der Waals surface area contributed by atoms with Gasteiger partial charge in [-0.2, -0.15) is 0 Å². The fourth-order valence-electron chi connectivity index (χ4n) is 5.76. The molecule has 12 heteroatoms. The number of methoxy groups -OCH3 is 1. The number of ether oxygens (including phenoxy) is 3. The van der Waals surface area contributed by atoms with E-state index < -0.39 is 17.7 Å². The van der Waals surface area contributed by atoms with E-state index in [0.717, 1.165) is 36.0 Å². The van der Waals surface area contributed by atoms with Crippen LogP contribution in [0.1, 0.15) is 60.0 Å². The Balaban J connectivity index is 1.34. The van der Waals surface area contributed by atoms with E-state index in [9.17, 15) is 14.7 Å². The third kappa shape index (κ3) is 8.28. The fraction of sp³-hybridized carbons (Fsp3) is 0.250. The van der Waals surface area contributed by atoms with Crippen molar-refractivity contribution in [2.24, 2.45) is 0 Å². The minimum atomic E-state index is -1.03. The van der Waals surface area contributed by atoms with Gasteiger partial charge < -0.3 is 19.3 Å². The smallest absolute Gasteiger partial charge is 0.301 e. The zero-order valence-electron chi connectivity index (χ0n) is 29.0. The molecule has 0 saturated carbocycles. The molecule has 5 aromatic rings. The van der Waals surface area contributed by atoms with Crippen LogP contribution in [0, 0.1) is 6.92 Å². The second-order valence-corrected chi connectivity index (χ2v) is 14.7. The lowest BCUT2D eigenvalue weighted by Gasteiger charge is -2.23. The van der Waals surface area contributed by atoms with Gasteiger partial charge in [0.2, 0.25) is 5.13 Å². The third-order valence-electron chi connectivity index (χ3n) is 8.65. The summed E-state index contributed by atoms with van der Waals surface area (Å²) in [6, 6.07) is 26.5. The van der Waals surface area contributed by atoms with E-state index in [-0.39, 0.29) is 16.5 Å². The SMILES string of the molecule is CCCCCOc1ccc(C2/C(=C(\O)c3ccc(OCc4ccccc4C)cc3)C(=O)C(=O)N2c2nnc(SCc3ccccc3Cl)s2)cc1OC. The number of carbonyl (C=O) groups is 2. The van der Waals surface area contributed by atoms with Crippen LogP contribution in [0.4, 0.5) is 5.13 Å². The van der Waals surface area contributed by atoms with Gasteiger partial charge >= 0.3 is 5.91 Å². The van der Waals surface area contributed by atoms with E-state index in [2.05, 4.69) is 17.1 Å². The molecule has 4 aromatic carbocycles.